The van der Waals surface area contributed by atoms with Gasteiger partial charge in [0.1, 0.15) is 11.5 Å². The Morgan fingerprint density at radius 2 is 1.88 bits per heavy atom. The summed E-state index contributed by atoms with van der Waals surface area (Å²) in [6.07, 6.45) is 0. The zero-order chi connectivity index (χ0) is 12.1. The molecule has 90 valence electrons. The van der Waals surface area contributed by atoms with E-state index in [2.05, 4.69) is 5.32 Å². The number of halogens is 1. The van der Waals surface area contributed by atoms with Crippen LogP contribution in [0, 0.1) is 6.92 Å². The van der Waals surface area contributed by atoms with Crippen LogP contribution in [-0.2, 0) is 0 Å². The molecule has 0 aliphatic carbocycles. The van der Waals surface area contributed by atoms with Gasteiger partial charge in [0.25, 0.3) is 0 Å². The van der Waals surface area contributed by atoms with Gasteiger partial charge >= 0.3 is 0 Å². The lowest BCUT2D eigenvalue weighted by molar-refractivity contribution is 0.391. The minimum absolute atomic E-state index is 0.0612. The highest BCUT2D eigenvalue weighted by Crippen LogP contribution is 2.32. The highest BCUT2D eigenvalue weighted by molar-refractivity contribution is 6.18. The summed E-state index contributed by atoms with van der Waals surface area (Å²) in [7, 11) is 5.19. The average Bonchev–Trinajstić information content (AvgIpc) is 2.31. The van der Waals surface area contributed by atoms with Gasteiger partial charge in [-0.3, -0.25) is 0 Å². The molecule has 0 heterocycles. The molecule has 1 rings (SSSR count). The fraction of sp³-hybridized carbons (Fsp3) is 0.500. The van der Waals surface area contributed by atoms with Crippen molar-refractivity contribution in [1.29, 1.82) is 0 Å². The maximum absolute atomic E-state index is 5.91. The molecule has 0 bridgehead atoms. The van der Waals surface area contributed by atoms with E-state index in [1.54, 1.807) is 14.2 Å². The predicted octanol–water partition coefficient (Wildman–Crippen LogP) is 2.51. The van der Waals surface area contributed by atoms with Gasteiger partial charge in [0.2, 0.25) is 0 Å². The van der Waals surface area contributed by atoms with Gasteiger partial charge in [0, 0.05) is 17.5 Å². The van der Waals surface area contributed by atoms with Crippen molar-refractivity contribution < 1.29 is 9.47 Å². The molecule has 1 atom stereocenters. The molecule has 0 fully saturated rings. The molecule has 1 aromatic rings. The first-order valence-electron chi connectivity index (χ1n) is 5.13. The summed E-state index contributed by atoms with van der Waals surface area (Å²) >= 11 is 5.91. The van der Waals surface area contributed by atoms with Gasteiger partial charge in [-0.15, -0.1) is 11.6 Å². The van der Waals surface area contributed by atoms with Crippen molar-refractivity contribution in [2.45, 2.75) is 13.0 Å². The molecule has 1 N–H and O–H groups in total. The Morgan fingerprint density at radius 3 is 2.31 bits per heavy atom. The summed E-state index contributed by atoms with van der Waals surface area (Å²) < 4.78 is 10.7. The molecule has 0 amide bonds. The first-order valence-corrected chi connectivity index (χ1v) is 5.67. The SMILES string of the molecule is CNC(CCl)c1cc(OC)c(C)cc1OC. The number of alkyl halides is 1. The normalized spacial score (nSPS) is 12.3. The Morgan fingerprint density at radius 1 is 1.25 bits per heavy atom. The van der Waals surface area contributed by atoms with Gasteiger partial charge < -0.3 is 14.8 Å². The molecule has 3 nitrogen and oxygen atoms in total. The third kappa shape index (κ3) is 2.60. The zero-order valence-electron chi connectivity index (χ0n) is 10.1. The Kier molecular flexibility index (Phi) is 4.90. The third-order valence-electron chi connectivity index (χ3n) is 2.63. The first kappa shape index (κ1) is 13.1. The third-order valence-corrected chi connectivity index (χ3v) is 2.93. The van der Waals surface area contributed by atoms with Crippen molar-refractivity contribution in [3.05, 3.63) is 23.3 Å². The fourth-order valence-electron chi connectivity index (χ4n) is 1.66. The maximum Gasteiger partial charge on any atom is 0.124 e. The van der Waals surface area contributed by atoms with E-state index < -0.39 is 0 Å². The molecule has 0 aliphatic rings. The van der Waals surface area contributed by atoms with E-state index in [4.69, 9.17) is 21.1 Å². The number of ether oxygens (including phenoxy) is 2. The molecular formula is C12H18ClNO2. The van der Waals surface area contributed by atoms with E-state index in [-0.39, 0.29) is 6.04 Å². The number of rotatable bonds is 5. The number of methoxy groups -OCH3 is 2. The van der Waals surface area contributed by atoms with Crippen molar-refractivity contribution in [3.63, 3.8) is 0 Å². The van der Waals surface area contributed by atoms with Crippen LogP contribution >= 0.6 is 11.6 Å². The maximum atomic E-state index is 5.91. The number of nitrogens with one attached hydrogen (secondary N) is 1. The fourth-order valence-corrected chi connectivity index (χ4v) is 1.98. The Bertz CT molecular complexity index is 351. The highest BCUT2D eigenvalue weighted by atomic mass is 35.5. The van der Waals surface area contributed by atoms with Crippen LogP contribution in [0.3, 0.4) is 0 Å². The molecule has 4 heteroatoms. The van der Waals surface area contributed by atoms with Crippen molar-refractivity contribution in [1.82, 2.24) is 5.32 Å². The summed E-state index contributed by atoms with van der Waals surface area (Å²) in [5.74, 6) is 2.17. The second-order valence-electron chi connectivity index (χ2n) is 3.56. The van der Waals surface area contributed by atoms with Gasteiger partial charge in [0.15, 0.2) is 0 Å². The topological polar surface area (TPSA) is 30.5 Å². The molecule has 16 heavy (non-hydrogen) atoms. The van der Waals surface area contributed by atoms with E-state index in [0.717, 1.165) is 22.6 Å². The highest BCUT2D eigenvalue weighted by Gasteiger charge is 2.16. The van der Waals surface area contributed by atoms with Crippen LogP contribution in [0.1, 0.15) is 17.2 Å². The van der Waals surface area contributed by atoms with Gasteiger partial charge in [-0.25, -0.2) is 0 Å². The van der Waals surface area contributed by atoms with Crippen LogP contribution < -0.4 is 14.8 Å². The largest absolute Gasteiger partial charge is 0.496 e. The van der Waals surface area contributed by atoms with Crippen LogP contribution in [-0.4, -0.2) is 27.1 Å². The summed E-state index contributed by atoms with van der Waals surface area (Å²) in [6, 6.07) is 3.99. The van der Waals surface area contributed by atoms with Crippen molar-refractivity contribution in [3.8, 4) is 11.5 Å². The zero-order valence-corrected chi connectivity index (χ0v) is 10.9. The van der Waals surface area contributed by atoms with E-state index in [1.165, 1.54) is 0 Å². The van der Waals surface area contributed by atoms with Crippen LogP contribution in [0.25, 0.3) is 0 Å². The standard InChI is InChI=1S/C12H18ClNO2/c1-8-5-12(16-4)9(6-11(8)15-3)10(7-13)14-2/h5-6,10,14H,7H2,1-4H3. The minimum atomic E-state index is 0.0612. The summed E-state index contributed by atoms with van der Waals surface area (Å²) in [5, 5.41) is 3.15. The summed E-state index contributed by atoms with van der Waals surface area (Å²) in [5.41, 5.74) is 2.06. The Balaban J connectivity index is 3.23. The van der Waals surface area contributed by atoms with Crippen molar-refractivity contribution in [2.75, 3.05) is 27.1 Å². The van der Waals surface area contributed by atoms with Gasteiger partial charge in [-0.05, 0) is 31.7 Å². The van der Waals surface area contributed by atoms with E-state index in [9.17, 15) is 0 Å². The van der Waals surface area contributed by atoms with Crippen LogP contribution in [0.5, 0.6) is 11.5 Å². The lowest BCUT2D eigenvalue weighted by atomic mass is 10.0. The smallest absolute Gasteiger partial charge is 0.124 e. The van der Waals surface area contributed by atoms with E-state index in [1.807, 2.05) is 26.1 Å². The van der Waals surface area contributed by atoms with E-state index >= 15 is 0 Å². The number of hydrogen-bond acceptors (Lipinski definition) is 3. The molecule has 1 unspecified atom stereocenters. The summed E-state index contributed by atoms with van der Waals surface area (Å²) in [4.78, 5) is 0. The minimum Gasteiger partial charge on any atom is -0.496 e. The number of aryl methyl sites for hydroxylation is 1. The average molecular weight is 244 g/mol. The number of hydrogen-bond donors (Lipinski definition) is 1. The van der Waals surface area contributed by atoms with Crippen LogP contribution in [0.2, 0.25) is 0 Å². The number of benzene rings is 1. The summed E-state index contributed by atoms with van der Waals surface area (Å²) in [6.45, 7) is 1.99. The molecular weight excluding hydrogens is 226 g/mol. The van der Waals surface area contributed by atoms with Crippen LogP contribution in [0.15, 0.2) is 12.1 Å². The second kappa shape index (κ2) is 5.97. The van der Waals surface area contributed by atoms with Gasteiger partial charge in [-0.2, -0.15) is 0 Å². The van der Waals surface area contributed by atoms with Gasteiger partial charge in [0.05, 0.1) is 14.2 Å². The molecule has 0 saturated heterocycles. The van der Waals surface area contributed by atoms with Crippen LogP contribution in [0.4, 0.5) is 0 Å². The lowest BCUT2D eigenvalue weighted by Crippen LogP contribution is -2.18. The van der Waals surface area contributed by atoms with Crippen molar-refractivity contribution in [2.24, 2.45) is 0 Å². The Labute approximate surface area is 102 Å². The molecule has 0 radical (unpaired) electrons. The quantitative estimate of drug-likeness (QED) is 0.807. The monoisotopic (exact) mass is 243 g/mol. The Hall–Kier alpha value is -0.930. The van der Waals surface area contributed by atoms with E-state index in [0.29, 0.717) is 5.88 Å². The lowest BCUT2D eigenvalue weighted by Gasteiger charge is -2.19. The second-order valence-corrected chi connectivity index (χ2v) is 3.87. The molecule has 0 saturated carbocycles. The predicted molar refractivity (Wildman–Crippen MR) is 66.8 cm³/mol. The first-order chi connectivity index (χ1) is 7.67. The van der Waals surface area contributed by atoms with Crippen molar-refractivity contribution >= 4 is 11.6 Å². The molecule has 1 aromatic carbocycles. The molecule has 0 spiro atoms. The molecule has 0 aliphatic heterocycles. The van der Waals surface area contributed by atoms with Gasteiger partial charge in [-0.1, -0.05) is 0 Å². The molecule has 0 aromatic heterocycles.